The number of hydrogen-bond acceptors (Lipinski definition) is 4. The van der Waals surface area contributed by atoms with Gasteiger partial charge in [-0.2, -0.15) is 0 Å². The van der Waals surface area contributed by atoms with Crippen LogP contribution in [0.25, 0.3) is 0 Å². The van der Waals surface area contributed by atoms with Crippen LogP contribution in [0, 0.1) is 0 Å². The largest absolute Gasteiger partial charge is 0.322 e. The van der Waals surface area contributed by atoms with E-state index in [4.69, 9.17) is 0 Å². The normalized spacial score (nSPS) is 23.9. The summed E-state index contributed by atoms with van der Waals surface area (Å²) in [5, 5.41) is 5.71. The Labute approximate surface area is 152 Å². The Bertz CT molecular complexity index is 716. The van der Waals surface area contributed by atoms with Gasteiger partial charge in [-0.1, -0.05) is 12.1 Å². The van der Waals surface area contributed by atoms with Crippen LogP contribution in [-0.4, -0.2) is 41.8 Å². The number of benzene rings is 1. The third kappa shape index (κ3) is 3.28. The first kappa shape index (κ1) is 17.9. The van der Waals surface area contributed by atoms with Gasteiger partial charge in [-0.25, -0.2) is 0 Å². The van der Waals surface area contributed by atoms with Gasteiger partial charge < -0.3 is 10.2 Å². The van der Waals surface area contributed by atoms with E-state index in [-0.39, 0.29) is 36.5 Å². The van der Waals surface area contributed by atoms with Gasteiger partial charge in [0.1, 0.15) is 6.04 Å². The fraction of sp³-hybridized carbons (Fsp3) is 0.500. The van der Waals surface area contributed by atoms with Gasteiger partial charge in [-0.05, 0) is 55.5 Å². The number of amides is 3. The molecule has 0 aliphatic carbocycles. The molecule has 1 aromatic carbocycles. The molecule has 4 rings (SSSR count). The number of nitrogens with zero attached hydrogens (tertiary/aromatic N) is 1. The number of halogens is 1. The molecule has 7 heteroatoms. The lowest BCUT2D eigenvalue weighted by molar-refractivity contribution is -0.136. The van der Waals surface area contributed by atoms with Crippen molar-refractivity contribution in [3.8, 4) is 0 Å². The van der Waals surface area contributed by atoms with Gasteiger partial charge in [0.25, 0.3) is 5.91 Å². The summed E-state index contributed by atoms with van der Waals surface area (Å²) in [4.78, 5) is 37.7. The maximum atomic E-state index is 12.7. The molecule has 1 unspecified atom stereocenters. The summed E-state index contributed by atoms with van der Waals surface area (Å²) in [5.41, 5.74) is 2.98. The number of hydrogen-bond donors (Lipinski definition) is 2. The van der Waals surface area contributed by atoms with E-state index >= 15 is 0 Å². The molecule has 25 heavy (non-hydrogen) atoms. The Balaban J connectivity index is 0.00000182. The summed E-state index contributed by atoms with van der Waals surface area (Å²) in [6.45, 7) is 2.52. The molecule has 0 bridgehead atoms. The lowest BCUT2D eigenvalue weighted by Gasteiger charge is -2.29. The molecule has 2 N–H and O–H groups in total. The van der Waals surface area contributed by atoms with Crippen LogP contribution in [-0.2, 0) is 16.1 Å². The molecular weight excluding hydrogens is 342 g/mol. The summed E-state index contributed by atoms with van der Waals surface area (Å²) >= 11 is 0. The van der Waals surface area contributed by atoms with Crippen LogP contribution in [0.1, 0.15) is 53.1 Å². The number of carbonyl (C=O) groups is 3. The van der Waals surface area contributed by atoms with Crippen LogP contribution in [0.5, 0.6) is 0 Å². The van der Waals surface area contributed by atoms with Crippen molar-refractivity contribution in [2.75, 3.05) is 13.1 Å². The predicted molar refractivity (Wildman–Crippen MR) is 94.6 cm³/mol. The van der Waals surface area contributed by atoms with Crippen LogP contribution >= 0.6 is 12.4 Å². The molecule has 3 amide bonds. The number of carbonyl (C=O) groups excluding carboxylic acids is 3. The highest BCUT2D eigenvalue weighted by molar-refractivity contribution is 6.05. The van der Waals surface area contributed by atoms with Crippen LogP contribution in [0.2, 0.25) is 0 Å². The first-order valence-corrected chi connectivity index (χ1v) is 8.61. The van der Waals surface area contributed by atoms with Crippen molar-refractivity contribution < 1.29 is 14.4 Å². The minimum absolute atomic E-state index is 0. The minimum Gasteiger partial charge on any atom is -0.322 e. The monoisotopic (exact) mass is 363 g/mol. The van der Waals surface area contributed by atoms with Gasteiger partial charge >= 0.3 is 0 Å². The average molecular weight is 364 g/mol. The summed E-state index contributed by atoms with van der Waals surface area (Å²) < 4.78 is 0. The molecule has 0 saturated carbocycles. The summed E-state index contributed by atoms with van der Waals surface area (Å²) in [7, 11) is 0. The first-order valence-electron chi connectivity index (χ1n) is 8.61. The SMILES string of the molecule is Cl.O=C1CCC(N2Cc3cc(C4CCNCC4)ccc3C2=O)C(=O)N1. The highest BCUT2D eigenvalue weighted by atomic mass is 35.5. The summed E-state index contributed by atoms with van der Waals surface area (Å²) in [6, 6.07) is 5.56. The zero-order valence-electron chi connectivity index (χ0n) is 13.9. The Morgan fingerprint density at radius 3 is 2.52 bits per heavy atom. The Hall–Kier alpha value is -1.92. The Kier molecular flexibility index (Phi) is 5.11. The van der Waals surface area contributed by atoms with Crippen molar-refractivity contribution in [1.29, 1.82) is 0 Å². The van der Waals surface area contributed by atoms with Gasteiger partial charge in [-0.15, -0.1) is 12.4 Å². The Morgan fingerprint density at radius 1 is 1.04 bits per heavy atom. The fourth-order valence-electron chi connectivity index (χ4n) is 4.00. The fourth-order valence-corrected chi connectivity index (χ4v) is 4.00. The van der Waals surface area contributed by atoms with Crippen molar-refractivity contribution in [1.82, 2.24) is 15.5 Å². The quantitative estimate of drug-likeness (QED) is 0.777. The van der Waals surface area contributed by atoms with Crippen molar-refractivity contribution in [3.63, 3.8) is 0 Å². The van der Waals surface area contributed by atoms with Gasteiger partial charge in [0.2, 0.25) is 11.8 Å². The maximum absolute atomic E-state index is 12.7. The second-order valence-electron chi connectivity index (χ2n) is 6.84. The van der Waals surface area contributed by atoms with Crippen molar-refractivity contribution in [3.05, 3.63) is 34.9 Å². The maximum Gasteiger partial charge on any atom is 0.255 e. The molecule has 134 valence electrons. The molecule has 1 atom stereocenters. The average Bonchev–Trinajstić information content (AvgIpc) is 2.92. The van der Waals surface area contributed by atoms with Gasteiger partial charge in [0.15, 0.2) is 0 Å². The van der Waals surface area contributed by atoms with Gasteiger partial charge in [0.05, 0.1) is 0 Å². The van der Waals surface area contributed by atoms with E-state index in [1.54, 1.807) is 4.90 Å². The zero-order valence-corrected chi connectivity index (χ0v) is 14.7. The molecule has 2 fully saturated rings. The molecule has 3 aliphatic rings. The van der Waals surface area contributed by atoms with E-state index in [2.05, 4.69) is 22.8 Å². The number of imide groups is 1. The van der Waals surface area contributed by atoms with Crippen LogP contribution < -0.4 is 10.6 Å². The second kappa shape index (κ2) is 7.14. The zero-order chi connectivity index (χ0) is 16.7. The summed E-state index contributed by atoms with van der Waals surface area (Å²) in [5.74, 6) is -0.174. The molecule has 0 aromatic heterocycles. The summed E-state index contributed by atoms with van der Waals surface area (Å²) in [6.07, 6.45) is 2.93. The molecule has 6 nitrogen and oxygen atoms in total. The molecule has 1 aromatic rings. The minimum atomic E-state index is -0.537. The highest BCUT2D eigenvalue weighted by Crippen LogP contribution is 2.32. The lowest BCUT2D eigenvalue weighted by atomic mass is 9.88. The lowest BCUT2D eigenvalue weighted by Crippen LogP contribution is -2.52. The van der Waals surface area contributed by atoms with E-state index in [1.807, 2.05) is 6.07 Å². The third-order valence-electron chi connectivity index (χ3n) is 5.36. The molecule has 3 heterocycles. The van der Waals surface area contributed by atoms with Crippen LogP contribution in [0.4, 0.5) is 0 Å². The Morgan fingerprint density at radius 2 is 1.80 bits per heavy atom. The molecule has 0 radical (unpaired) electrons. The van der Waals surface area contributed by atoms with Crippen molar-refractivity contribution in [2.24, 2.45) is 0 Å². The third-order valence-corrected chi connectivity index (χ3v) is 5.36. The smallest absolute Gasteiger partial charge is 0.255 e. The molecule has 0 spiro atoms. The molecule has 2 saturated heterocycles. The first-order chi connectivity index (χ1) is 11.6. The molecule has 3 aliphatic heterocycles. The standard InChI is InChI=1S/C18H21N3O3.ClH/c22-16-4-3-15(17(23)20-16)21-10-13-9-12(1-2-14(13)18(21)24)11-5-7-19-8-6-11;/h1-2,9,11,15,19H,3-8,10H2,(H,20,22,23);1H. The van der Waals surface area contributed by atoms with E-state index in [0.29, 0.717) is 24.4 Å². The van der Waals surface area contributed by atoms with E-state index in [1.165, 1.54) is 5.56 Å². The van der Waals surface area contributed by atoms with E-state index in [0.717, 1.165) is 31.5 Å². The molecular formula is C18H22ClN3O3. The highest BCUT2D eigenvalue weighted by Gasteiger charge is 2.39. The van der Waals surface area contributed by atoms with Crippen molar-refractivity contribution >= 4 is 30.1 Å². The number of rotatable bonds is 2. The number of nitrogens with one attached hydrogen (secondary N) is 2. The number of fused-ring (bicyclic) bond motifs is 1. The van der Waals surface area contributed by atoms with Crippen LogP contribution in [0.3, 0.4) is 0 Å². The van der Waals surface area contributed by atoms with Gasteiger partial charge in [-0.3, -0.25) is 19.7 Å². The topological polar surface area (TPSA) is 78.5 Å². The second-order valence-corrected chi connectivity index (χ2v) is 6.84. The van der Waals surface area contributed by atoms with Gasteiger partial charge in [0, 0.05) is 18.5 Å². The number of piperidine rings is 2. The van der Waals surface area contributed by atoms with Crippen molar-refractivity contribution in [2.45, 2.75) is 44.2 Å². The van der Waals surface area contributed by atoms with E-state index in [9.17, 15) is 14.4 Å². The van der Waals surface area contributed by atoms with E-state index < -0.39 is 6.04 Å². The van der Waals surface area contributed by atoms with Crippen LogP contribution in [0.15, 0.2) is 18.2 Å². The predicted octanol–water partition coefficient (Wildman–Crippen LogP) is 1.34.